The van der Waals surface area contributed by atoms with Gasteiger partial charge in [0, 0.05) is 12.6 Å². The van der Waals surface area contributed by atoms with E-state index in [0.717, 1.165) is 37.2 Å². The van der Waals surface area contributed by atoms with Crippen LogP contribution >= 0.6 is 11.8 Å². The summed E-state index contributed by atoms with van der Waals surface area (Å²) in [5.41, 5.74) is 0.954. The van der Waals surface area contributed by atoms with E-state index in [4.69, 9.17) is 0 Å². The molecule has 132 valence electrons. The van der Waals surface area contributed by atoms with Crippen molar-refractivity contribution < 1.29 is 9.59 Å². The molecule has 0 spiro atoms. The van der Waals surface area contributed by atoms with Gasteiger partial charge in [0.05, 0.1) is 6.42 Å². The van der Waals surface area contributed by atoms with Crippen LogP contribution in [0.1, 0.15) is 24.8 Å². The lowest BCUT2D eigenvalue weighted by molar-refractivity contribution is -0.129. The van der Waals surface area contributed by atoms with Crippen molar-refractivity contribution in [3.05, 3.63) is 35.9 Å². The zero-order valence-electron chi connectivity index (χ0n) is 14.2. The Morgan fingerprint density at radius 1 is 1.33 bits per heavy atom. The Balaban J connectivity index is 1.88. The molecule has 1 aromatic carbocycles. The van der Waals surface area contributed by atoms with E-state index in [-0.39, 0.29) is 17.9 Å². The summed E-state index contributed by atoms with van der Waals surface area (Å²) in [5.74, 6) is 0.662. The van der Waals surface area contributed by atoms with Crippen LogP contribution < -0.4 is 16.0 Å². The molecule has 24 heavy (non-hydrogen) atoms. The molecule has 2 atom stereocenters. The number of rotatable bonds is 8. The van der Waals surface area contributed by atoms with E-state index in [0.29, 0.717) is 12.8 Å². The van der Waals surface area contributed by atoms with Gasteiger partial charge in [-0.1, -0.05) is 30.3 Å². The monoisotopic (exact) mass is 349 g/mol. The summed E-state index contributed by atoms with van der Waals surface area (Å²) in [6.45, 7) is 1.81. The summed E-state index contributed by atoms with van der Waals surface area (Å²) >= 11 is 1.68. The van der Waals surface area contributed by atoms with Crippen LogP contribution in [0.4, 0.5) is 0 Å². The first kappa shape index (κ1) is 18.8. The molecule has 2 unspecified atom stereocenters. The number of amides is 2. The summed E-state index contributed by atoms with van der Waals surface area (Å²) in [6.07, 6.45) is 5.01. The lowest BCUT2D eigenvalue weighted by Crippen LogP contribution is -2.53. The van der Waals surface area contributed by atoms with Crippen LogP contribution in [0.2, 0.25) is 0 Å². The van der Waals surface area contributed by atoms with Crippen molar-refractivity contribution in [3.63, 3.8) is 0 Å². The fourth-order valence-corrected chi connectivity index (χ4v) is 3.28. The Morgan fingerprint density at radius 3 is 2.79 bits per heavy atom. The highest BCUT2D eigenvalue weighted by atomic mass is 32.2. The summed E-state index contributed by atoms with van der Waals surface area (Å²) in [5, 5.41) is 9.27. The third-order valence-corrected chi connectivity index (χ3v) is 4.76. The third kappa shape index (κ3) is 6.53. The lowest BCUT2D eigenvalue weighted by Gasteiger charge is -2.26. The maximum absolute atomic E-state index is 12.5. The van der Waals surface area contributed by atoms with Crippen LogP contribution in [0.25, 0.3) is 0 Å². The largest absolute Gasteiger partial charge is 0.350 e. The molecule has 1 fully saturated rings. The third-order valence-electron chi connectivity index (χ3n) is 4.11. The number of carbonyl (C=O) groups excluding carboxylic acids is 2. The standard InChI is InChI=1S/C18H27N3O2S/c1-24-11-9-16(18(23)20-15-8-5-10-19-13-15)21-17(22)12-14-6-3-2-4-7-14/h2-4,6-7,15-16,19H,5,8-13H2,1H3,(H,20,23)(H,21,22). The Labute approximate surface area is 148 Å². The van der Waals surface area contributed by atoms with Gasteiger partial charge in [-0.25, -0.2) is 0 Å². The second-order valence-electron chi connectivity index (χ2n) is 6.12. The number of hydrogen-bond acceptors (Lipinski definition) is 4. The first-order chi connectivity index (χ1) is 11.7. The first-order valence-electron chi connectivity index (χ1n) is 8.52. The maximum Gasteiger partial charge on any atom is 0.242 e. The van der Waals surface area contributed by atoms with E-state index in [1.54, 1.807) is 11.8 Å². The normalized spacial score (nSPS) is 18.6. The summed E-state index contributed by atoms with van der Waals surface area (Å²) < 4.78 is 0. The smallest absolute Gasteiger partial charge is 0.242 e. The number of carbonyl (C=O) groups is 2. The summed E-state index contributed by atoms with van der Waals surface area (Å²) in [6, 6.07) is 9.29. The van der Waals surface area contributed by atoms with Crippen LogP contribution in [0.3, 0.4) is 0 Å². The van der Waals surface area contributed by atoms with Gasteiger partial charge in [0.1, 0.15) is 6.04 Å². The Kier molecular flexibility index (Phi) is 8.12. The fourth-order valence-electron chi connectivity index (χ4n) is 2.81. The molecule has 2 rings (SSSR count). The molecule has 1 heterocycles. The van der Waals surface area contributed by atoms with E-state index in [2.05, 4.69) is 16.0 Å². The van der Waals surface area contributed by atoms with Gasteiger partial charge < -0.3 is 16.0 Å². The number of thioether (sulfide) groups is 1. The minimum Gasteiger partial charge on any atom is -0.350 e. The predicted octanol–water partition coefficient (Wildman–Crippen LogP) is 1.34. The average Bonchev–Trinajstić information content (AvgIpc) is 2.60. The zero-order chi connectivity index (χ0) is 17.2. The summed E-state index contributed by atoms with van der Waals surface area (Å²) in [7, 11) is 0. The Bertz CT molecular complexity index is 518. The fraction of sp³-hybridized carbons (Fsp3) is 0.556. The highest BCUT2D eigenvalue weighted by Crippen LogP contribution is 2.06. The van der Waals surface area contributed by atoms with Crippen LogP contribution in [0, 0.1) is 0 Å². The van der Waals surface area contributed by atoms with Crippen molar-refractivity contribution in [2.45, 2.75) is 37.8 Å². The number of nitrogens with one attached hydrogen (secondary N) is 3. The molecule has 3 N–H and O–H groups in total. The maximum atomic E-state index is 12.5. The van der Waals surface area contributed by atoms with Gasteiger partial charge in [-0.3, -0.25) is 9.59 Å². The lowest BCUT2D eigenvalue weighted by atomic mass is 10.1. The second kappa shape index (κ2) is 10.4. The van der Waals surface area contributed by atoms with Gasteiger partial charge in [-0.2, -0.15) is 11.8 Å². The number of benzene rings is 1. The molecule has 1 aliphatic rings. The Hall–Kier alpha value is -1.53. The quantitative estimate of drug-likeness (QED) is 0.662. The molecule has 2 amide bonds. The second-order valence-corrected chi connectivity index (χ2v) is 7.10. The van der Waals surface area contributed by atoms with Gasteiger partial charge in [-0.05, 0) is 43.4 Å². The first-order valence-corrected chi connectivity index (χ1v) is 9.91. The SMILES string of the molecule is CSCCC(NC(=O)Cc1ccccc1)C(=O)NC1CCCNC1. The molecule has 0 radical (unpaired) electrons. The molecule has 1 saturated heterocycles. The molecule has 5 nitrogen and oxygen atoms in total. The van der Waals surface area contributed by atoms with Crippen LogP contribution in [0.5, 0.6) is 0 Å². The minimum absolute atomic E-state index is 0.0702. The number of piperidine rings is 1. The highest BCUT2D eigenvalue weighted by molar-refractivity contribution is 7.98. The minimum atomic E-state index is -0.462. The van der Waals surface area contributed by atoms with Gasteiger partial charge in [0.25, 0.3) is 0 Å². The van der Waals surface area contributed by atoms with Crippen LogP contribution in [0.15, 0.2) is 30.3 Å². The topological polar surface area (TPSA) is 70.2 Å². The van der Waals surface area contributed by atoms with Gasteiger partial charge in [-0.15, -0.1) is 0 Å². The highest BCUT2D eigenvalue weighted by Gasteiger charge is 2.23. The molecule has 0 aromatic heterocycles. The molecule has 0 bridgehead atoms. The van der Waals surface area contributed by atoms with E-state index in [1.165, 1.54) is 0 Å². The van der Waals surface area contributed by atoms with Crippen molar-refractivity contribution in [1.29, 1.82) is 0 Å². The average molecular weight is 350 g/mol. The number of hydrogen-bond donors (Lipinski definition) is 3. The van der Waals surface area contributed by atoms with Crippen LogP contribution in [-0.4, -0.2) is 49.0 Å². The molecular weight excluding hydrogens is 322 g/mol. The molecule has 1 aliphatic heterocycles. The molecule has 0 saturated carbocycles. The van der Waals surface area contributed by atoms with Gasteiger partial charge >= 0.3 is 0 Å². The van der Waals surface area contributed by atoms with E-state index >= 15 is 0 Å². The predicted molar refractivity (Wildman–Crippen MR) is 99.1 cm³/mol. The zero-order valence-corrected chi connectivity index (χ0v) is 15.0. The molecule has 1 aromatic rings. The van der Waals surface area contributed by atoms with Gasteiger partial charge in [0.15, 0.2) is 0 Å². The van der Waals surface area contributed by atoms with Crippen molar-refractivity contribution in [2.24, 2.45) is 0 Å². The van der Waals surface area contributed by atoms with Crippen molar-refractivity contribution in [1.82, 2.24) is 16.0 Å². The van der Waals surface area contributed by atoms with E-state index in [9.17, 15) is 9.59 Å². The molecule has 6 heteroatoms. The van der Waals surface area contributed by atoms with E-state index in [1.807, 2.05) is 36.6 Å². The van der Waals surface area contributed by atoms with Crippen molar-refractivity contribution in [3.8, 4) is 0 Å². The van der Waals surface area contributed by atoms with Crippen LogP contribution in [-0.2, 0) is 16.0 Å². The Morgan fingerprint density at radius 2 is 2.12 bits per heavy atom. The molecule has 0 aliphatic carbocycles. The van der Waals surface area contributed by atoms with Crippen molar-refractivity contribution in [2.75, 3.05) is 25.1 Å². The van der Waals surface area contributed by atoms with Crippen molar-refractivity contribution >= 4 is 23.6 Å². The summed E-state index contributed by atoms with van der Waals surface area (Å²) in [4.78, 5) is 24.8. The van der Waals surface area contributed by atoms with Gasteiger partial charge in [0.2, 0.25) is 11.8 Å². The van der Waals surface area contributed by atoms with E-state index < -0.39 is 6.04 Å². The molecular formula is C18H27N3O2S.